The molecule has 1 heterocycles. The Morgan fingerprint density at radius 2 is 0.653 bits per heavy atom. The molecule has 2 nitrogen and oxygen atoms in total. The Hall–Kier alpha value is -9.50. The van der Waals surface area contributed by atoms with Gasteiger partial charge in [0.05, 0.1) is 11.0 Å². The first-order valence-electron chi connectivity index (χ1n) is 24.7. The summed E-state index contributed by atoms with van der Waals surface area (Å²) in [6.45, 7) is 0. The zero-order chi connectivity index (χ0) is 47.8. The smallest absolute Gasteiger partial charge is 0.0541 e. The summed E-state index contributed by atoms with van der Waals surface area (Å²) < 4.78 is 2.38. The first-order valence-corrected chi connectivity index (χ1v) is 24.7. The van der Waals surface area contributed by atoms with Crippen LogP contribution >= 0.6 is 0 Å². The molecule has 0 radical (unpaired) electrons. The molecule has 0 spiro atoms. The lowest BCUT2D eigenvalue weighted by Gasteiger charge is -2.26. The summed E-state index contributed by atoms with van der Waals surface area (Å²) in [5.41, 5.74) is 21.1. The molecule has 0 aliphatic carbocycles. The van der Waals surface area contributed by atoms with Gasteiger partial charge in [-0.2, -0.15) is 0 Å². The first-order chi connectivity index (χ1) is 35.7. The Morgan fingerprint density at radius 3 is 1.31 bits per heavy atom. The highest BCUT2D eigenvalue weighted by atomic mass is 15.1. The largest absolute Gasteiger partial charge is 0.310 e. The lowest BCUT2D eigenvalue weighted by atomic mass is 9.94. The number of benzene rings is 12. The maximum atomic E-state index is 2.38. The van der Waals surface area contributed by atoms with E-state index in [9.17, 15) is 0 Å². The molecule has 0 fully saturated rings. The van der Waals surface area contributed by atoms with Crippen molar-refractivity contribution in [3.8, 4) is 72.4 Å². The lowest BCUT2D eigenvalue weighted by Crippen LogP contribution is -2.10. The molecule has 72 heavy (non-hydrogen) atoms. The highest BCUT2D eigenvalue weighted by molar-refractivity contribution is 6.09. The fraction of sp³-hybridized carbons (Fsp3) is 0. The van der Waals surface area contributed by atoms with E-state index in [4.69, 9.17) is 0 Å². The van der Waals surface area contributed by atoms with Gasteiger partial charge in [0.15, 0.2) is 0 Å². The average Bonchev–Trinajstić information content (AvgIpc) is 3.80. The molecule has 1 aromatic heterocycles. The third-order valence-corrected chi connectivity index (χ3v) is 14.2. The maximum Gasteiger partial charge on any atom is 0.0541 e. The molecule has 13 rings (SSSR count). The predicted octanol–water partition coefficient (Wildman–Crippen LogP) is 19.4. The molecule has 0 unspecified atom stereocenters. The summed E-state index contributed by atoms with van der Waals surface area (Å²) >= 11 is 0. The van der Waals surface area contributed by atoms with Crippen molar-refractivity contribution < 1.29 is 0 Å². The summed E-state index contributed by atoms with van der Waals surface area (Å²) in [6.07, 6.45) is 0. The van der Waals surface area contributed by atoms with Gasteiger partial charge in [-0.25, -0.2) is 0 Å². The van der Waals surface area contributed by atoms with Crippen LogP contribution in [0.4, 0.5) is 17.1 Å². The summed E-state index contributed by atoms with van der Waals surface area (Å²) in [7, 11) is 0. The van der Waals surface area contributed by atoms with Crippen molar-refractivity contribution in [1.29, 1.82) is 0 Å². The van der Waals surface area contributed by atoms with Crippen molar-refractivity contribution in [2.24, 2.45) is 0 Å². The average molecular weight is 917 g/mol. The van der Waals surface area contributed by atoms with E-state index in [1.807, 2.05) is 0 Å². The molecule has 0 amide bonds. The number of anilines is 3. The van der Waals surface area contributed by atoms with Gasteiger partial charge in [-0.1, -0.05) is 218 Å². The SMILES string of the molecule is c1ccc(-c2ccccc2-c2cccc(N(c3ccc(-c4ccc(-c5cccc(-n6c7ccccc7c7ccccc76)c5)cc4)cc3)c3ccc(-c4cccc(-c5ccc6ccccc6c5)c4)cc3)c2)cc1. The van der Waals surface area contributed by atoms with Gasteiger partial charge < -0.3 is 9.47 Å². The Balaban J connectivity index is 0.832. The van der Waals surface area contributed by atoms with Crippen molar-refractivity contribution in [2.75, 3.05) is 4.90 Å². The van der Waals surface area contributed by atoms with Gasteiger partial charge in [-0.3, -0.25) is 0 Å². The molecule has 0 saturated carbocycles. The first kappa shape index (κ1) is 42.6. The van der Waals surface area contributed by atoms with E-state index in [0.29, 0.717) is 0 Å². The molecule has 338 valence electrons. The van der Waals surface area contributed by atoms with Crippen molar-refractivity contribution >= 4 is 49.6 Å². The third-order valence-electron chi connectivity index (χ3n) is 14.2. The molecule has 2 heteroatoms. The second-order valence-corrected chi connectivity index (χ2v) is 18.5. The van der Waals surface area contributed by atoms with Gasteiger partial charge in [-0.05, 0) is 150 Å². The van der Waals surface area contributed by atoms with Gasteiger partial charge in [-0.15, -0.1) is 0 Å². The summed E-state index contributed by atoms with van der Waals surface area (Å²) in [6, 6.07) is 106. The van der Waals surface area contributed by atoms with E-state index in [1.54, 1.807) is 0 Å². The van der Waals surface area contributed by atoms with Crippen molar-refractivity contribution in [2.45, 2.75) is 0 Å². The minimum absolute atomic E-state index is 1.08. The summed E-state index contributed by atoms with van der Waals surface area (Å²) in [5, 5.41) is 5.03. The van der Waals surface area contributed by atoms with E-state index in [1.165, 1.54) is 88.2 Å². The number of para-hydroxylation sites is 2. The number of fused-ring (bicyclic) bond motifs is 4. The third kappa shape index (κ3) is 8.01. The summed E-state index contributed by atoms with van der Waals surface area (Å²) in [4.78, 5) is 2.38. The monoisotopic (exact) mass is 916 g/mol. The number of hydrogen-bond donors (Lipinski definition) is 0. The van der Waals surface area contributed by atoms with Gasteiger partial charge >= 0.3 is 0 Å². The molecule has 0 atom stereocenters. The van der Waals surface area contributed by atoms with Crippen molar-refractivity contribution in [1.82, 2.24) is 4.57 Å². The molecule has 12 aromatic carbocycles. The minimum Gasteiger partial charge on any atom is -0.310 e. The molecular weight excluding hydrogens is 869 g/mol. The van der Waals surface area contributed by atoms with Gasteiger partial charge in [0.2, 0.25) is 0 Å². The zero-order valence-corrected chi connectivity index (χ0v) is 39.6. The van der Waals surface area contributed by atoms with E-state index >= 15 is 0 Å². The van der Waals surface area contributed by atoms with Crippen molar-refractivity contribution in [3.05, 3.63) is 291 Å². The Morgan fingerprint density at radius 1 is 0.222 bits per heavy atom. The normalized spacial score (nSPS) is 11.3. The highest BCUT2D eigenvalue weighted by Gasteiger charge is 2.17. The van der Waals surface area contributed by atoms with E-state index < -0.39 is 0 Å². The van der Waals surface area contributed by atoms with Gasteiger partial charge in [0.1, 0.15) is 0 Å². The predicted molar refractivity (Wildman–Crippen MR) is 306 cm³/mol. The minimum atomic E-state index is 1.08. The van der Waals surface area contributed by atoms with Crippen LogP contribution in [0.15, 0.2) is 291 Å². The quantitative estimate of drug-likeness (QED) is 0.133. The van der Waals surface area contributed by atoms with E-state index in [2.05, 4.69) is 301 Å². The van der Waals surface area contributed by atoms with Crippen LogP contribution in [0.2, 0.25) is 0 Å². The molecule has 0 N–H and O–H groups in total. The number of rotatable bonds is 10. The van der Waals surface area contributed by atoms with Crippen LogP contribution in [0.25, 0.3) is 105 Å². The molecule has 0 bridgehead atoms. The van der Waals surface area contributed by atoms with Crippen molar-refractivity contribution in [3.63, 3.8) is 0 Å². The standard InChI is InChI=1S/C70H48N2/c1-2-16-54(17-3-1)65-25-6-7-26-66(65)60-22-14-23-63(48-60)71(62-43-39-53(40-44-62)56-19-12-20-57(45-56)59-36-35-49-15-4-5-18-55(49)46-59)61-41-37-51(38-42-61)50-31-33-52(34-32-50)58-21-13-24-64(47-58)72-69-29-10-8-27-67(69)68-28-9-11-30-70(68)72/h1-48H. The van der Waals surface area contributed by atoms with E-state index in [-0.39, 0.29) is 0 Å². The van der Waals surface area contributed by atoms with Crippen LogP contribution in [-0.2, 0) is 0 Å². The Labute approximate surface area is 420 Å². The number of hydrogen-bond acceptors (Lipinski definition) is 1. The number of aromatic nitrogens is 1. The van der Waals surface area contributed by atoms with Crippen LogP contribution in [0.1, 0.15) is 0 Å². The maximum absolute atomic E-state index is 2.38. The molecular formula is C70H48N2. The molecule has 0 saturated heterocycles. The van der Waals surface area contributed by atoms with Crippen LogP contribution < -0.4 is 4.90 Å². The number of nitrogens with zero attached hydrogens (tertiary/aromatic N) is 2. The fourth-order valence-electron chi connectivity index (χ4n) is 10.6. The Kier molecular flexibility index (Phi) is 10.9. The van der Waals surface area contributed by atoms with E-state index in [0.717, 1.165) is 33.9 Å². The van der Waals surface area contributed by atoms with Gasteiger partial charge in [0.25, 0.3) is 0 Å². The highest BCUT2D eigenvalue weighted by Crippen LogP contribution is 2.41. The van der Waals surface area contributed by atoms with Gasteiger partial charge in [0, 0.05) is 33.5 Å². The second kappa shape index (κ2) is 18.4. The second-order valence-electron chi connectivity index (χ2n) is 18.5. The summed E-state index contributed by atoms with van der Waals surface area (Å²) in [5.74, 6) is 0. The lowest BCUT2D eigenvalue weighted by molar-refractivity contribution is 1.18. The fourth-order valence-corrected chi connectivity index (χ4v) is 10.6. The van der Waals surface area contributed by atoms with Crippen LogP contribution in [-0.4, -0.2) is 4.57 Å². The van der Waals surface area contributed by atoms with Crippen LogP contribution in [0.5, 0.6) is 0 Å². The Bertz CT molecular complexity index is 4020. The van der Waals surface area contributed by atoms with Crippen LogP contribution in [0.3, 0.4) is 0 Å². The molecule has 0 aliphatic heterocycles. The molecule has 13 aromatic rings. The topological polar surface area (TPSA) is 8.17 Å². The van der Waals surface area contributed by atoms with Crippen LogP contribution in [0, 0.1) is 0 Å². The molecule has 0 aliphatic rings. The zero-order valence-electron chi connectivity index (χ0n) is 39.6.